The first-order chi connectivity index (χ1) is 12.2. The zero-order valence-corrected chi connectivity index (χ0v) is 13.9. The predicted octanol–water partition coefficient (Wildman–Crippen LogP) is 5.88. The van der Waals surface area contributed by atoms with Crippen molar-refractivity contribution < 1.29 is 8.98 Å². The van der Waals surface area contributed by atoms with Crippen molar-refractivity contribution in [3.63, 3.8) is 0 Å². The van der Waals surface area contributed by atoms with E-state index in [1.165, 1.54) is 5.56 Å². The molecule has 3 heteroatoms. The number of nitrogens with one attached hydrogen (secondary N) is 1. The van der Waals surface area contributed by atoms with Crippen molar-refractivity contribution in [2.75, 3.05) is 0 Å². The minimum Gasteiger partial charge on any atom is -0.662 e. The minimum atomic E-state index is 0.158. The summed E-state index contributed by atoms with van der Waals surface area (Å²) >= 11 is 0. The van der Waals surface area contributed by atoms with Gasteiger partial charge in [0, 0.05) is 17.7 Å². The number of rotatable bonds is 3. The van der Waals surface area contributed by atoms with E-state index < -0.39 is 0 Å². The quantitative estimate of drug-likeness (QED) is 0.433. The van der Waals surface area contributed by atoms with Crippen LogP contribution in [0.1, 0.15) is 5.56 Å². The van der Waals surface area contributed by atoms with Gasteiger partial charge in [-0.2, -0.15) is 0 Å². The second kappa shape index (κ2) is 6.29. The molecule has 3 aromatic carbocycles. The lowest BCUT2D eigenvalue weighted by molar-refractivity contribution is -0.575. The number of aromatic nitrogens is 1. The van der Waals surface area contributed by atoms with Gasteiger partial charge in [0.25, 0.3) is 0 Å². The zero-order chi connectivity index (χ0) is 17.2. The Balaban J connectivity index is 2.02. The normalized spacial score (nSPS) is 10.8. The Morgan fingerprint density at radius 3 is 1.88 bits per heavy atom. The van der Waals surface area contributed by atoms with Crippen molar-refractivity contribution in [3.05, 3.63) is 96.2 Å². The van der Waals surface area contributed by atoms with Gasteiger partial charge in [0.15, 0.2) is 0 Å². The Bertz CT molecular complexity index is 988. The summed E-state index contributed by atoms with van der Waals surface area (Å²) in [6, 6.07) is 28.1. The van der Waals surface area contributed by atoms with Crippen LogP contribution in [0.15, 0.2) is 89.3 Å². The second-order valence-electron chi connectivity index (χ2n) is 5.99. The van der Waals surface area contributed by atoms with Gasteiger partial charge in [-0.1, -0.05) is 54.1 Å². The maximum atomic E-state index is 8.42. The molecule has 0 aliphatic carbocycles. The smallest absolute Gasteiger partial charge is 0.385 e. The summed E-state index contributed by atoms with van der Waals surface area (Å²) in [6.45, 7) is 2.07. The highest BCUT2D eigenvalue weighted by atomic mass is 16.4. The van der Waals surface area contributed by atoms with Crippen LogP contribution in [0.5, 0.6) is 0 Å². The standard InChI is InChI=1S/C22H18N2O/c1-16-12-14-19(15-13-16)24-20(17-8-4-2-5-9-17)21(23)25-22(24)18-10-6-3-7-11-18/h2-15,23H,1H3. The van der Waals surface area contributed by atoms with Crippen molar-refractivity contribution in [2.45, 2.75) is 6.92 Å². The third-order valence-corrected chi connectivity index (χ3v) is 4.20. The number of benzene rings is 3. The molecular weight excluding hydrogens is 308 g/mol. The molecule has 0 amide bonds. The third kappa shape index (κ3) is 2.81. The monoisotopic (exact) mass is 326 g/mol. The highest BCUT2D eigenvalue weighted by molar-refractivity contribution is 5.70. The van der Waals surface area contributed by atoms with E-state index in [2.05, 4.69) is 31.2 Å². The van der Waals surface area contributed by atoms with Crippen LogP contribution in [-0.2, 0) is 0 Å². The largest absolute Gasteiger partial charge is 0.662 e. The number of hydrogen-bond acceptors (Lipinski definition) is 1. The fraction of sp³-hybridized carbons (Fsp3) is 0.0455. The van der Waals surface area contributed by atoms with Gasteiger partial charge >= 0.3 is 5.89 Å². The fourth-order valence-corrected chi connectivity index (χ4v) is 2.96. The minimum absolute atomic E-state index is 0.158. The molecule has 0 aliphatic heterocycles. The summed E-state index contributed by atoms with van der Waals surface area (Å²) in [6.07, 6.45) is 0. The molecule has 0 spiro atoms. The van der Waals surface area contributed by atoms with Crippen molar-refractivity contribution in [1.82, 2.24) is 0 Å². The molecule has 0 unspecified atom stereocenters. The maximum absolute atomic E-state index is 8.42. The van der Waals surface area contributed by atoms with Crippen molar-refractivity contribution in [2.24, 2.45) is 0 Å². The van der Waals surface area contributed by atoms with Crippen LogP contribution in [0.3, 0.4) is 0 Å². The van der Waals surface area contributed by atoms with Gasteiger partial charge in [0.1, 0.15) is 5.88 Å². The summed E-state index contributed by atoms with van der Waals surface area (Å²) in [4.78, 5) is 0. The van der Waals surface area contributed by atoms with Crippen LogP contribution < -0.4 is 4.57 Å². The molecule has 1 N–H and O–H groups in total. The summed E-state index contributed by atoms with van der Waals surface area (Å²) < 4.78 is 7.92. The lowest BCUT2D eigenvalue weighted by Crippen LogP contribution is -2.33. The van der Waals surface area contributed by atoms with Gasteiger partial charge in [-0.25, -0.2) is 0 Å². The number of nitrogens with zero attached hydrogens (tertiary/aromatic N) is 1. The van der Waals surface area contributed by atoms with E-state index in [4.69, 9.17) is 10.2 Å². The molecule has 0 saturated carbocycles. The van der Waals surface area contributed by atoms with E-state index in [1.54, 1.807) is 0 Å². The molecule has 0 atom stereocenters. The first kappa shape index (κ1) is 15.2. The molecule has 0 saturated heterocycles. The molecule has 25 heavy (non-hydrogen) atoms. The summed E-state index contributed by atoms with van der Waals surface area (Å²) in [5.41, 5.74) is 13.3. The molecule has 1 heterocycles. The first-order valence-electron chi connectivity index (χ1n) is 8.22. The lowest BCUT2D eigenvalue weighted by Gasteiger charge is -2.03. The van der Waals surface area contributed by atoms with Crippen LogP contribution >= 0.6 is 0 Å². The highest BCUT2D eigenvalue weighted by Crippen LogP contribution is 2.33. The summed E-state index contributed by atoms with van der Waals surface area (Å²) in [5, 5.41) is 0. The number of aryl methyl sites for hydroxylation is 1. The Morgan fingerprint density at radius 1 is 0.720 bits per heavy atom. The van der Waals surface area contributed by atoms with Gasteiger partial charge < -0.3 is 10.2 Å². The maximum Gasteiger partial charge on any atom is 0.385 e. The number of hydrogen-bond donors (Lipinski definition) is 0. The molecule has 0 radical (unpaired) electrons. The Morgan fingerprint density at radius 2 is 1.28 bits per heavy atom. The SMILES string of the molecule is Cc1ccc(-[n+]2c(-c3ccccc3)oc([NH-])c2-c2ccccc2)cc1. The van der Waals surface area contributed by atoms with Gasteiger partial charge in [-0.05, 0) is 31.2 Å². The summed E-state index contributed by atoms with van der Waals surface area (Å²) in [7, 11) is 0. The van der Waals surface area contributed by atoms with E-state index in [0.29, 0.717) is 5.89 Å². The van der Waals surface area contributed by atoms with Crippen molar-refractivity contribution in [1.29, 1.82) is 0 Å². The van der Waals surface area contributed by atoms with Gasteiger partial charge in [-0.3, -0.25) is 0 Å². The van der Waals surface area contributed by atoms with E-state index in [-0.39, 0.29) is 5.88 Å². The molecule has 0 bridgehead atoms. The Hall–Kier alpha value is -3.33. The number of oxazole rings is 1. The average molecular weight is 326 g/mol. The molecule has 4 rings (SSSR count). The van der Waals surface area contributed by atoms with Gasteiger partial charge in [0.05, 0.1) is 5.56 Å². The lowest BCUT2D eigenvalue weighted by atomic mass is 10.1. The zero-order valence-electron chi connectivity index (χ0n) is 13.9. The molecule has 0 aliphatic rings. The van der Waals surface area contributed by atoms with Gasteiger partial charge in [0.2, 0.25) is 11.4 Å². The van der Waals surface area contributed by atoms with Crippen LogP contribution in [0.2, 0.25) is 0 Å². The third-order valence-electron chi connectivity index (χ3n) is 4.20. The van der Waals surface area contributed by atoms with E-state index in [9.17, 15) is 0 Å². The van der Waals surface area contributed by atoms with Crippen molar-refractivity contribution in [3.8, 4) is 28.4 Å². The van der Waals surface area contributed by atoms with Crippen molar-refractivity contribution >= 4 is 5.88 Å². The van der Waals surface area contributed by atoms with Crippen LogP contribution in [0.25, 0.3) is 34.1 Å². The van der Waals surface area contributed by atoms with Gasteiger partial charge in [-0.15, -0.1) is 4.57 Å². The second-order valence-corrected chi connectivity index (χ2v) is 5.99. The van der Waals surface area contributed by atoms with Crippen LogP contribution in [0, 0.1) is 6.92 Å². The average Bonchev–Trinajstić information content (AvgIpc) is 3.01. The van der Waals surface area contributed by atoms with E-state index >= 15 is 0 Å². The van der Waals surface area contributed by atoms with Crippen LogP contribution in [0.4, 0.5) is 5.88 Å². The van der Waals surface area contributed by atoms with E-state index in [0.717, 1.165) is 22.5 Å². The van der Waals surface area contributed by atoms with E-state index in [1.807, 2.05) is 65.2 Å². The first-order valence-corrected chi connectivity index (χ1v) is 8.22. The molecule has 4 aromatic rings. The Labute approximate surface area is 147 Å². The predicted molar refractivity (Wildman–Crippen MR) is 99.8 cm³/mol. The Kier molecular flexibility index (Phi) is 3.82. The van der Waals surface area contributed by atoms with Crippen LogP contribution in [-0.4, -0.2) is 0 Å². The molecule has 0 fully saturated rings. The molecular formula is C22H18N2O. The molecule has 3 nitrogen and oxygen atoms in total. The molecule has 1 aromatic heterocycles. The highest BCUT2D eigenvalue weighted by Gasteiger charge is 2.28. The topological polar surface area (TPSA) is 40.8 Å². The molecule has 122 valence electrons. The fourth-order valence-electron chi connectivity index (χ4n) is 2.96. The summed E-state index contributed by atoms with van der Waals surface area (Å²) in [5.74, 6) is 0.818.